The van der Waals surface area contributed by atoms with E-state index in [-0.39, 0.29) is 0 Å². The van der Waals surface area contributed by atoms with Gasteiger partial charge in [0, 0.05) is 32.3 Å². The van der Waals surface area contributed by atoms with E-state index in [0.717, 1.165) is 6.42 Å². The van der Waals surface area contributed by atoms with Crippen LogP contribution in [0.15, 0.2) is 169 Å². The van der Waals surface area contributed by atoms with E-state index in [4.69, 9.17) is 0 Å². The van der Waals surface area contributed by atoms with Crippen LogP contribution >= 0.6 is 11.3 Å². The van der Waals surface area contributed by atoms with Gasteiger partial charge in [0.25, 0.3) is 0 Å². The third-order valence-corrected chi connectivity index (χ3v) is 13.8. The fourth-order valence-electron chi connectivity index (χ4n) is 10.1. The van der Waals surface area contributed by atoms with Crippen LogP contribution in [0.2, 0.25) is 0 Å². The fraction of sp³-hybridized carbons (Fsp3) is 0.0769. The zero-order valence-corrected chi connectivity index (χ0v) is 31.0. The average molecular weight is 706 g/mol. The minimum atomic E-state index is -0.561. The van der Waals surface area contributed by atoms with Crippen molar-refractivity contribution in [3.63, 3.8) is 0 Å². The highest BCUT2D eigenvalue weighted by molar-refractivity contribution is 7.26. The van der Waals surface area contributed by atoms with Crippen LogP contribution in [0.1, 0.15) is 44.5 Å². The highest BCUT2D eigenvalue weighted by Crippen LogP contribution is 2.64. The Bertz CT molecular complexity index is 3020. The number of hydrogen-bond acceptors (Lipinski definition) is 2. The van der Waals surface area contributed by atoms with Crippen molar-refractivity contribution in [1.29, 1.82) is 0 Å². The maximum absolute atomic E-state index is 2.71. The van der Waals surface area contributed by atoms with Gasteiger partial charge in [-0.15, -0.1) is 11.3 Å². The van der Waals surface area contributed by atoms with Crippen molar-refractivity contribution in [3.05, 3.63) is 213 Å². The Labute approximate surface area is 319 Å². The molecular weight excluding hydrogens is 671 g/mol. The summed E-state index contributed by atoms with van der Waals surface area (Å²) in [6.07, 6.45) is 17.9. The highest BCUT2D eigenvalue weighted by atomic mass is 32.1. The lowest BCUT2D eigenvalue weighted by Crippen LogP contribution is -2.37. The molecule has 0 bridgehead atoms. The zero-order valence-electron chi connectivity index (χ0n) is 30.2. The summed E-state index contributed by atoms with van der Waals surface area (Å²) in [6.45, 7) is 4.65. The van der Waals surface area contributed by atoms with Crippen LogP contribution in [-0.2, 0) is 6.42 Å². The number of nitrogens with zero attached hydrogens (tertiary/aromatic N) is 1. The van der Waals surface area contributed by atoms with Crippen molar-refractivity contribution in [1.82, 2.24) is 0 Å². The largest absolute Gasteiger partial charge is 0.311 e. The van der Waals surface area contributed by atoms with Crippen LogP contribution in [0.25, 0.3) is 54.6 Å². The smallest absolute Gasteiger partial charge is 0.0803 e. The number of thiophene rings is 1. The quantitative estimate of drug-likeness (QED) is 0.177. The normalized spacial score (nSPS) is 18.3. The number of aryl methyl sites for hydroxylation is 1. The molecule has 0 aliphatic heterocycles. The molecule has 1 spiro atoms. The number of allylic oxidation sites excluding steroid dienone is 7. The first-order chi connectivity index (χ1) is 26.6. The number of anilines is 2. The summed E-state index contributed by atoms with van der Waals surface area (Å²) in [4.78, 5) is 2.71. The van der Waals surface area contributed by atoms with Gasteiger partial charge in [0.15, 0.2) is 0 Å². The van der Waals surface area contributed by atoms with Gasteiger partial charge in [-0.05, 0) is 128 Å². The Morgan fingerprint density at radius 3 is 2.07 bits per heavy atom. The maximum Gasteiger partial charge on any atom is 0.0803 e. The van der Waals surface area contributed by atoms with Gasteiger partial charge in [-0.2, -0.15) is 0 Å². The van der Waals surface area contributed by atoms with E-state index in [0.29, 0.717) is 0 Å². The summed E-state index contributed by atoms with van der Waals surface area (Å²) in [7, 11) is 0. The van der Waals surface area contributed by atoms with E-state index < -0.39 is 5.41 Å². The summed E-state index contributed by atoms with van der Waals surface area (Å²) in [5, 5.41) is 2.63. The van der Waals surface area contributed by atoms with Crippen molar-refractivity contribution in [2.24, 2.45) is 5.41 Å². The van der Waals surface area contributed by atoms with Gasteiger partial charge in [0.1, 0.15) is 0 Å². The van der Waals surface area contributed by atoms with Crippen molar-refractivity contribution >= 4 is 66.2 Å². The third kappa shape index (κ3) is 3.88. The predicted octanol–water partition coefficient (Wildman–Crippen LogP) is 13.8. The highest BCUT2D eigenvalue weighted by Gasteiger charge is 2.51. The van der Waals surface area contributed by atoms with Crippen molar-refractivity contribution in [3.8, 4) is 11.1 Å². The molecule has 1 atom stereocenters. The van der Waals surface area contributed by atoms with E-state index in [1.54, 1.807) is 0 Å². The van der Waals surface area contributed by atoms with Gasteiger partial charge in [-0.25, -0.2) is 0 Å². The molecule has 12 rings (SSSR count). The van der Waals surface area contributed by atoms with Crippen LogP contribution < -0.4 is 4.90 Å². The molecule has 54 heavy (non-hydrogen) atoms. The molecule has 0 saturated carbocycles. The Balaban J connectivity index is 1.22. The van der Waals surface area contributed by atoms with Crippen LogP contribution in [0.4, 0.5) is 11.4 Å². The Hall–Kier alpha value is -6.22. The van der Waals surface area contributed by atoms with E-state index in [1.165, 1.54) is 115 Å². The molecule has 0 saturated heterocycles. The Kier molecular flexibility index (Phi) is 6.12. The molecule has 7 aromatic rings. The van der Waals surface area contributed by atoms with Gasteiger partial charge < -0.3 is 4.90 Å². The summed E-state index contributed by atoms with van der Waals surface area (Å²) in [5.74, 6) is 0. The van der Waals surface area contributed by atoms with Gasteiger partial charge >= 0.3 is 0 Å². The molecule has 1 nitrogen and oxygen atoms in total. The van der Waals surface area contributed by atoms with Crippen molar-refractivity contribution < 1.29 is 0 Å². The molecule has 0 fully saturated rings. The summed E-state index contributed by atoms with van der Waals surface area (Å²) >= 11 is 1.89. The minimum absolute atomic E-state index is 0.561. The third-order valence-electron chi connectivity index (χ3n) is 12.6. The Morgan fingerprint density at radius 2 is 1.28 bits per heavy atom. The molecule has 0 amide bonds. The summed E-state index contributed by atoms with van der Waals surface area (Å²) in [5.41, 5.74) is 21.9. The maximum atomic E-state index is 2.71. The molecule has 0 radical (unpaired) electrons. The van der Waals surface area contributed by atoms with Crippen LogP contribution in [-0.4, -0.2) is 0 Å². The summed E-state index contributed by atoms with van der Waals surface area (Å²) in [6, 6.07) is 45.2. The lowest BCUT2D eigenvalue weighted by Gasteiger charge is -2.47. The van der Waals surface area contributed by atoms with Gasteiger partial charge in [0.05, 0.1) is 16.8 Å². The topological polar surface area (TPSA) is 3.24 Å². The summed E-state index contributed by atoms with van der Waals surface area (Å²) < 4.78 is 2.63. The number of benzene rings is 6. The average Bonchev–Trinajstić information content (AvgIpc) is 3.98. The van der Waals surface area contributed by atoms with Gasteiger partial charge in [-0.3, -0.25) is 0 Å². The second-order valence-corrected chi connectivity index (χ2v) is 16.4. The minimum Gasteiger partial charge on any atom is -0.311 e. The molecule has 1 aromatic heterocycles. The van der Waals surface area contributed by atoms with Crippen LogP contribution in [0.3, 0.4) is 0 Å². The molecule has 0 N–H and O–H groups in total. The van der Waals surface area contributed by atoms with E-state index in [9.17, 15) is 0 Å². The van der Waals surface area contributed by atoms with E-state index in [2.05, 4.69) is 183 Å². The number of hydrogen-bond donors (Lipinski definition) is 0. The van der Waals surface area contributed by atoms with Gasteiger partial charge in [0.2, 0.25) is 0 Å². The van der Waals surface area contributed by atoms with E-state index in [1.807, 2.05) is 11.3 Å². The van der Waals surface area contributed by atoms with Crippen molar-refractivity contribution in [2.45, 2.75) is 20.3 Å². The van der Waals surface area contributed by atoms with Crippen LogP contribution in [0, 0.1) is 19.3 Å². The second kappa shape index (κ2) is 10.9. The van der Waals surface area contributed by atoms with Gasteiger partial charge in [-0.1, -0.05) is 127 Å². The molecule has 5 aliphatic carbocycles. The first-order valence-corrected chi connectivity index (χ1v) is 19.8. The van der Waals surface area contributed by atoms with E-state index >= 15 is 0 Å². The Morgan fingerprint density at radius 1 is 0.611 bits per heavy atom. The SMILES string of the molecule is Cc1cc2c(c(N(C3=CC=C4C(=Cc5ccccc54)C34C=CC=C3C4=Cc4ccccc43)c3cccc4sc5ccccc5c34)c1C)Cc1ccccc1-2. The standard InChI is InChI=1S/C52H35NS/c1-31-27-42-38-18-8-3-13-33(38)28-43(42)51(32(31)2)53(46-21-11-23-48-50(46)41-19-9-10-22-47(41)54-48)49-25-24-40-37-17-7-5-15-35(37)30-45(40)52(49)26-12-20-39-36-16-6-4-14-34(36)29-44(39)52/h3-27,29-30H,28H2,1-2H3. The zero-order chi connectivity index (χ0) is 35.7. The molecular formula is C52H35NS. The molecule has 1 heterocycles. The number of fused-ring (bicyclic) bond motifs is 14. The second-order valence-electron chi connectivity index (χ2n) is 15.3. The van der Waals surface area contributed by atoms with Crippen LogP contribution in [0.5, 0.6) is 0 Å². The van der Waals surface area contributed by atoms with Crippen molar-refractivity contribution in [2.75, 3.05) is 4.90 Å². The lowest BCUT2D eigenvalue weighted by molar-refractivity contribution is 0.676. The molecule has 6 aromatic carbocycles. The lowest BCUT2D eigenvalue weighted by atomic mass is 9.63. The molecule has 1 unspecified atom stereocenters. The predicted molar refractivity (Wildman–Crippen MR) is 230 cm³/mol. The molecule has 5 aliphatic rings. The molecule has 254 valence electrons. The molecule has 2 heteroatoms. The number of rotatable bonds is 3. The first-order valence-electron chi connectivity index (χ1n) is 19.0. The fourth-order valence-corrected chi connectivity index (χ4v) is 11.3. The monoisotopic (exact) mass is 705 g/mol. The first kappa shape index (κ1) is 30.3.